The van der Waals surface area contributed by atoms with Gasteiger partial charge in [-0.3, -0.25) is 9.59 Å². The van der Waals surface area contributed by atoms with Crippen molar-refractivity contribution in [3.05, 3.63) is 70.2 Å². The highest BCUT2D eigenvalue weighted by molar-refractivity contribution is 6.30. The van der Waals surface area contributed by atoms with Crippen LogP contribution in [0.2, 0.25) is 5.02 Å². The molecule has 1 N–H and O–H groups in total. The number of rotatable bonds is 6. The van der Waals surface area contributed by atoms with Crippen LogP contribution in [-0.2, 0) is 22.6 Å². The molecule has 0 fully saturated rings. The lowest BCUT2D eigenvalue weighted by Gasteiger charge is -2.31. The van der Waals surface area contributed by atoms with Crippen molar-refractivity contribution in [1.29, 1.82) is 0 Å². The fourth-order valence-corrected chi connectivity index (χ4v) is 3.04. The quantitative estimate of drug-likeness (QED) is 0.774. The first-order chi connectivity index (χ1) is 13.1. The smallest absolute Gasteiger partial charge is 0.242 e. The topological polar surface area (TPSA) is 49.4 Å². The van der Waals surface area contributed by atoms with Crippen molar-refractivity contribution in [2.24, 2.45) is 0 Å². The third-order valence-electron chi connectivity index (χ3n) is 4.53. The highest BCUT2D eigenvalue weighted by Crippen LogP contribution is 2.17. The Morgan fingerprint density at radius 3 is 2.25 bits per heavy atom. The average Bonchev–Trinajstić information content (AvgIpc) is 2.61. The first-order valence-corrected chi connectivity index (χ1v) is 9.85. The minimum absolute atomic E-state index is 0.0826. The molecule has 0 aliphatic carbocycles. The molecule has 0 heterocycles. The summed E-state index contributed by atoms with van der Waals surface area (Å²) in [5.41, 5.74) is 2.60. The van der Waals surface area contributed by atoms with Crippen LogP contribution in [0.15, 0.2) is 48.5 Å². The monoisotopic (exact) mass is 400 g/mol. The maximum absolute atomic E-state index is 13.2. The minimum atomic E-state index is -0.591. The van der Waals surface area contributed by atoms with Crippen molar-refractivity contribution in [1.82, 2.24) is 10.2 Å². The maximum Gasteiger partial charge on any atom is 0.242 e. The average molecular weight is 401 g/mol. The predicted octanol–water partition coefficient (Wildman–Crippen LogP) is 4.52. The number of nitrogens with one attached hydrogen (secondary N) is 1. The van der Waals surface area contributed by atoms with Crippen molar-refractivity contribution in [3.8, 4) is 0 Å². The Labute approximate surface area is 172 Å². The largest absolute Gasteiger partial charge is 0.350 e. The third-order valence-corrected chi connectivity index (χ3v) is 4.79. The van der Waals surface area contributed by atoms with Crippen LogP contribution in [0.3, 0.4) is 0 Å². The van der Waals surface area contributed by atoms with Gasteiger partial charge < -0.3 is 10.2 Å². The second-order valence-electron chi connectivity index (χ2n) is 8.17. The number of nitrogens with zero attached hydrogens (tertiary/aromatic N) is 1. The number of benzene rings is 2. The third kappa shape index (κ3) is 6.38. The van der Waals surface area contributed by atoms with Gasteiger partial charge in [-0.05, 0) is 63.4 Å². The van der Waals surface area contributed by atoms with E-state index in [1.54, 1.807) is 24.0 Å². The number of carbonyl (C=O) groups excluding carboxylic acids is 2. The second kappa shape index (κ2) is 9.24. The highest BCUT2D eigenvalue weighted by Gasteiger charge is 2.28. The van der Waals surface area contributed by atoms with Crippen LogP contribution in [0.5, 0.6) is 0 Å². The fraction of sp³-hybridized carbons (Fsp3) is 0.391. The van der Waals surface area contributed by atoms with Crippen molar-refractivity contribution >= 4 is 23.4 Å². The van der Waals surface area contributed by atoms with E-state index in [1.807, 2.05) is 64.1 Å². The van der Waals surface area contributed by atoms with E-state index in [2.05, 4.69) is 5.32 Å². The lowest BCUT2D eigenvalue weighted by Crippen LogP contribution is -2.52. The Morgan fingerprint density at radius 2 is 1.68 bits per heavy atom. The maximum atomic E-state index is 13.2. The summed E-state index contributed by atoms with van der Waals surface area (Å²) in [6.45, 7) is 9.89. The Morgan fingerprint density at radius 1 is 1.07 bits per heavy atom. The van der Waals surface area contributed by atoms with Crippen molar-refractivity contribution in [3.63, 3.8) is 0 Å². The summed E-state index contributed by atoms with van der Waals surface area (Å²) in [6.07, 6.45) is 0.257. The van der Waals surface area contributed by atoms with E-state index < -0.39 is 6.04 Å². The minimum Gasteiger partial charge on any atom is -0.350 e. The van der Waals surface area contributed by atoms with Crippen molar-refractivity contribution < 1.29 is 9.59 Å². The van der Waals surface area contributed by atoms with Gasteiger partial charge in [0.25, 0.3) is 0 Å². The van der Waals surface area contributed by atoms with Crippen LogP contribution in [0.25, 0.3) is 0 Å². The van der Waals surface area contributed by atoms with E-state index in [9.17, 15) is 9.59 Å². The summed E-state index contributed by atoms with van der Waals surface area (Å²) in [7, 11) is 0. The van der Waals surface area contributed by atoms with Gasteiger partial charge in [0.1, 0.15) is 6.04 Å². The van der Waals surface area contributed by atoms with Gasteiger partial charge in [-0.1, -0.05) is 48.0 Å². The number of halogens is 1. The molecule has 2 aromatic carbocycles. The Hall–Kier alpha value is -2.33. The molecular weight excluding hydrogens is 372 g/mol. The van der Waals surface area contributed by atoms with E-state index in [0.29, 0.717) is 11.6 Å². The fourth-order valence-electron chi connectivity index (χ4n) is 2.92. The zero-order chi connectivity index (χ0) is 20.9. The Balaban J connectivity index is 2.26. The Bertz CT molecular complexity index is 825. The standard InChI is InChI=1S/C23H29ClN2O2/c1-16-8-6-7-9-19(16)14-21(27)26(15-18-10-12-20(24)13-11-18)17(2)22(28)25-23(3,4)5/h6-13,17H,14-15H2,1-5H3,(H,25,28)/t17-/m0/s1. The molecule has 28 heavy (non-hydrogen) atoms. The number of hydrogen-bond donors (Lipinski definition) is 1. The summed E-state index contributed by atoms with van der Waals surface area (Å²) in [5.74, 6) is -0.250. The summed E-state index contributed by atoms with van der Waals surface area (Å²) in [6, 6.07) is 14.6. The number of amides is 2. The van der Waals surface area contributed by atoms with E-state index in [4.69, 9.17) is 11.6 Å². The van der Waals surface area contributed by atoms with Gasteiger partial charge in [0.2, 0.25) is 11.8 Å². The van der Waals surface area contributed by atoms with Gasteiger partial charge in [0.15, 0.2) is 0 Å². The van der Waals surface area contributed by atoms with Gasteiger partial charge in [-0.2, -0.15) is 0 Å². The number of carbonyl (C=O) groups is 2. The van der Waals surface area contributed by atoms with Gasteiger partial charge in [0.05, 0.1) is 6.42 Å². The molecule has 5 heteroatoms. The van der Waals surface area contributed by atoms with Crippen LogP contribution in [-0.4, -0.2) is 28.3 Å². The molecular formula is C23H29ClN2O2. The molecule has 0 unspecified atom stereocenters. The van der Waals surface area contributed by atoms with E-state index >= 15 is 0 Å². The Kier molecular flexibility index (Phi) is 7.25. The molecule has 2 aromatic rings. The highest BCUT2D eigenvalue weighted by atomic mass is 35.5. The molecule has 150 valence electrons. The molecule has 2 amide bonds. The van der Waals surface area contributed by atoms with Gasteiger partial charge in [0, 0.05) is 17.1 Å². The SMILES string of the molecule is Cc1ccccc1CC(=O)N(Cc1ccc(Cl)cc1)[C@@H](C)C(=O)NC(C)(C)C. The normalized spacial score (nSPS) is 12.4. The zero-order valence-electron chi connectivity index (χ0n) is 17.3. The molecule has 1 atom stereocenters. The van der Waals surface area contributed by atoms with Crippen LogP contribution < -0.4 is 5.32 Å². The van der Waals surface area contributed by atoms with Crippen LogP contribution >= 0.6 is 11.6 Å². The lowest BCUT2D eigenvalue weighted by molar-refractivity contribution is -0.140. The molecule has 2 rings (SSSR count). The summed E-state index contributed by atoms with van der Waals surface area (Å²) < 4.78 is 0. The zero-order valence-corrected chi connectivity index (χ0v) is 18.0. The molecule has 0 aromatic heterocycles. The number of aryl methyl sites for hydroxylation is 1. The second-order valence-corrected chi connectivity index (χ2v) is 8.60. The lowest BCUT2D eigenvalue weighted by atomic mass is 10.0. The van der Waals surface area contributed by atoms with Crippen LogP contribution in [0.4, 0.5) is 0 Å². The van der Waals surface area contributed by atoms with Gasteiger partial charge in [-0.25, -0.2) is 0 Å². The summed E-state index contributed by atoms with van der Waals surface area (Å²) >= 11 is 5.98. The molecule has 0 bridgehead atoms. The van der Waals surface area contributed by atoms with Crippen molar-refractivity contribution in [2.75, 3.05) is 0 Å². The first kappa shape index (κ1) is 22.0. The van der Waals surface area contributed by atoms with Gasteiger partial charge in [-0.15, -0.1) is 0 Å². The van der Waals surface area contributed by atoms with E-state index in [1.165, 1.54) is 0 Å². The summed E-state index contributed by atoms with van der Waals surface area (Å²) in [4.78, 5) is 27.5. The first-order valence-electron chi connectivity index (χ1n) is 9.47. The van der Waals surface area contributed by atoms with Crippen LogP contribution in [0.1, 0.15) is 44.4 Å². The molecule has 0 aliphatic rings. The van der Waals surface area contributed by atoms with Gasteiger partial charge >= 0.3 is 0 Å². The molecule has 0 spiro atoms. The van der Waals surface area contributed by atoms with Crippen molar-refractivity contribution in [2.45, 2.75) is 59.2 Å². The van der Waals surface area contributed by atoms with E-state index in [0.717, 1.165) is 16.7 Å². The molecule has 0 saturated heterocycles. The number of hydrogen-bond acceptors (Lipinski definition) is 2. The molecule has 0 radical (unpaired) electrons. The molecule has 0 saturated carbocycles. The molecule has 0 aliphatic heterocycles. The van der Waals surface area contributed by atoms with Crippen LogP contribution in [0, 0.1) is 6.92 Å². The van der Waals surface area contributed by atoms with E-state index in [-0.39, 0.29) is 23.8 Å². The summed E-state index contributed by atoms with van der Waals surface area (Å²) in [5, 5.41) is 3.61. The predicted molar refractivity (Wildman–Crippen MR) is 114 cm³/mol. The molecule has 4 nitrogen and oxygen atoms in total.